The molecular weight excluding hydrogens is 338 g/mol. The molecule has 2 N–H and O–H groups in total. The number of aromatic amines is 1. The fraction of sp³-hybridized carbons (Fsp3) is 0.133. The summed E-state index contributed by atoms with van der Waals surface area (Å²) in [7, 11) is 1.56. The molecular formula is C15H12ClN3O3S. The van der Waals surface area contributed by atoms with Crippen molar-refractivity contribution in [2.75, 3.05) is 12.9 Å². The first-order valence-corrected chi connectivity index (χ1v) is 7.97. The minimum atomic E-state index is -0.890. The molecule has 0 unspecified atom stereocenters. The minimum Gasteiger partial charge on any atom is -0.481 e. The second kappa shape index (κ2) is 6.47. The van der Waals surface area contributed by atoms with Crippen molar-refractivity contribution in [3.63, 3.8) is 0 Å². The highest BCUT2D eigenvalue weighted by Crippen LogP contribution is 2.32. The molecule has 23 heavy (non-hydrogen) atoms. The van der Waals surface area contributed by atoms with E-state index in [1.54, 1.807) is 25.4 Å². The normalized spacial score (nSPS) is 10.9. The van der Waals surface area contributed by atoms with E-state index in [0.29, 0.717) is 21.6 Å². The average Bonchev–Trinajstić information content (AvgIpc) is 2.94. The fourth-order valence-electron chi connectivity index (χ4n) is 2.09. The third-order valence-electron chi connectivity index (χ3n) is 3.14. The van der Waals surface area contributed by atoms with Crippen LogP contribution in [0.2, 0.25) is 5.02 Å². The lowest BCUT2D eigenvalue weighted by atomic mass is 10.1. The van der Waals surface area contributed by atoms with Crippen LogP contribution in [0.1, 0.15) is 0 Å². The summed E-state index contributed by atoms with van der Waals surface area (Å²) in [6, 6.07) is 7.25. The third kappa shape index (κ3) is 3.40. The number of carbonyl (C=O) groups is 1. The van der Waals surface area contributed by atoms with Gasteiger partial charge in [0, 0.05) is 23.4 Å². The molecule has 0 saturated carbocycles. The van der Waals surface area contributed by atoms with Crippen molar-refractivity contribution < 1.29 is 14.6 Å². The van der Waals surface area contributed by atoms with Crippen LogP contribution >= 0.6 is 23.4 Å². The topological polar surface area (TPSA) is 88.1 Å². The molecule has 0 radical (unpaired) electrons. The number of hydrogen-bond acceptors (Lipinski definition) is 5. The highest BCUT2D eigenvalue weighted by molar-refractivity contribution is 7.99. The zero-order chi connectivity index (χ0) is 16.4. The highest BCUT2D eigenvalue weighted by atomic mass is 35.5. The Morgan fingerprint density at radius 3 is 2.91 bits per heavy atom. The predicted octanol–water partition coefficient (Wildman–Crippen LogP) is 3.46. The molecule has 0 spiro atoms. The van der Waals surface area contributed by atoms with Crippen LogP contribution in [0.25, 0.3) is 22.2 Å². The first-order chi connectivity index (χ1) is 11.1. The van der Waals surface area contributed by atoms with Gasteiger partial charge in [0.15, 0.2) is 5.16 Å². The molecule has 0 aliphatic heterocycles. The van der Waals surface area contributed by atoms with Gasteiger partial charge in [-0.1, -0.05) is 23.4 Å². The summed E-state index contributed by atoms with van der Waals surface area (Å²) in [6.07, 6.45) is 1.68. The molecule has 3 rings (SSSR count). The van der Waals surface area contributed by atoms with Crippen molar-refractivity contribution in [3.8, 4) is 17.0 Å². The number of ether oxygens (including phenoxy) is 1. The fourth-order valence-corrected chi connectivity index (χ4v) is 2.97. The lowest BCUT2D eigenvalue weighted by molar-refractivity contribution is -0.133. The number of benzene rings is 1. The van der Waals surface area contributed by atoms with Gasteiger partial charge in [-0.2, -0.15) is 0 Å². The standard InChI is InChI=1S/C15H12ClN3O3S/c1-22-13-3-2-8(6-17-13)9-4-11-12(5-10(9)16)19-15(18-11)23-7-14(20)21/h2-6H,7H2,1H3,(H,18,19)(H,20,21). The summed E-state index contributed by atoms with van der Waals surface area (Å²) in [4.78, 5) is 22.2. The summed E-state index contributed by atoms with van der Waals surface area (Å²) in [5.41, 5.74) is 3.12. The summed E-state index contributed by atoms with van der Waals surface area (Å²) >= 11 is 7.47. The lowest BCUT2D eigenvalue weighted by Crippen LogP contribution is -1.97. The van der Waals surface area contributed by atoms with Crippen molar-refractivity contribution in [3.05, 3.63) is 35.5 Å². The number of pyridine rings is 1. The van der Waals surface area contributed by atoms with E-state index in [1.165, 1.54) is 0 Å². The molecule has 118 valence electrons. The van der Waals surface area contributed by atoms with E-state index in [0.717, 1.165) is 28.4 Å². The smallest absolute Gasteiger partial charge is 0.313 e. The van der Waals surface area contributed by atoms with Crippen LogP contribution in [0.3, 0.4) is 0 Å². The summed E-state index contributed by atoms with van der Waals surface area (Å²) in [5, 5.41) is 9.83. The Hall–Kier alpha value is -2.25. The number of thioether (sulfide) groups is 1. The lowest BCUT2D eigenvalue weighted by Gasteiger charge is -2.05. The maximum Gasteiger partial charge on any atom is 0.313 e. The maximum absolute atomic E-state index is 10.6. The summed E-state index contributed by atoms with van der Waals surface area (Å²) in [5.74, 6) is -0.417. The molecule has 0 fully saturated rings. The number of hydrogen-bond donors (Lipinski definition) is 2. The Morgan fingerprint density at radius 1 is 1.43 bits per heavy atom. The van der Waals surface area contributed by atoms with Gasteiger partial charge < -0.3 is 14.8 Å². The van der Waals surface area contributed by atoms with Crippen LogP contribution in [0.5, 0.6) is 5.88 Å². The van der Waals surface area contributed by atoms with Crippen molar-refractivity contribution >= 4 is 40.4 Å². The molecule has 0 amide bonds. The number of nitrogens with one attached hydrogen (secondary N) is 1. The number of H-pyrrole nitrogens is 1. The number of methoxy groups -OCH3 is 1. The quantitative estimate of drug-likeness (QED) is 0.686. The molecule has 8 heteroatoms. The monoisotopic (exact) mass is 349 g/mol. The molecule has 6 nitrogen and oxygen atoms in total. The Morgan fingerprint density at radius 2 is 2.26 bits per heavy atom. The number of imidazole rings is 1. The number of fused-ring (bicyclic) bond motifs is 1. The van der Waals surface area contributed by atoms with Crippen molar-refractivity contribution in [1.29, 1.82) is 0 Å². The summed E-state index contributed by atoms with van der Waals surface area (Å²) in [6.45, 7) is 0. The Kier molecular flexibility index (Phi) is 4.40. The third-order valence-corrected chi connectivity index (χ3v) is 4.31. The Labute approximate surface area is 140 Å². The van der Waals surface area contributed by atoms with Crippen LogP contribution in [-0.4, -0.2) is 38.9 Å². The van der Waals surface area contributed by atoms with Gasteiger partial charge in [-0.3, -0.25) is 4.79 Å². The predicted molar refractivity (Wildman–Crippen MR) is 89.2 cm³/mol. The molecule has 0 saturated heterocycles. The second-order valence-corrected chi connectivity index (χ2v) is 6.03. The molecule has 0 aliphatic carbocycles. The summed E-state index contributed by atoms with van der Waals surface area (Å²) < 4.78 is 5.04. The van der Waals surface area contributed by atoms with Gasteiger partial charge >= 0.3 is 5.97 Å². The first-order valence-electron chi connectivity index (χ1n) is 6.61. The minimum absolute atomic E-state index is 0.0528. The number of carboxylic acids is 1. The zero-order valence-electron chi connectivity index (χ0n) is 12.0. The second-order valence-electron chi connectivity index (χ2n) is 4.66. The Balaban J connectivity index is 1.97. The number of aliphatic carboxylic acids is 1. The van der Waals surface area contributed by atoms with E-state index in [-0.39, 0.29) is 5.75 Å². The Bertz CT molecular complexity index is 864. The van der Waals surface area contributed by atoms with E-state index >= 15 is 0 Å². The first kappa shape index (κ1) is 15.6. The van der Waals surface area contributed by atoms with Crippen LogP contribution in [0, 0.1) is 0 Å². The van der Waals surface area contributed by atoms with Crippen molar-refractivity contribution in [2.24, 2.45) is 0 Å². The van der Waals surface area contributed by atoms with Crippen LogP contribution in [-0.2, 0) is 4.79 Å². The number of nitrogens with zero attached hydrogens (tertiary/aromatic N) is 2. The van der Waals surface area contributed by atoms with Gasteiger partial charge in [0.1, 0.15) is 0 Å². The van der Waals surface area contributed by atoms with Gasteiger partial charge in [-0.25, -0.2) is 9.97 Å². The van der Waals surface area contributed by atoms with Gasteiger partial charge in [0.05, 0.1) is 28.9 Å². The van der Waals surface area contributed by atoms with Crippen molar-refractivity contribution in [2.45, 2.75) is 5.16 Å². The maximum atomic E-state index is 10.6. The van der Waals surface area contributed by atoms with Gasteiger partial charge in [-0.15, -0.1) is 0 Å². The number of rotatable bonds is 5. The van der Waals surface area contributed by atoms with Gasteiger partial charge in [-0.05, 0) is 18.2 Å². The van der Waals surface area contributed by atoms with Crippen LogP contribution in [0.15, 0.2) is 35.6 Å². The van der Waals surface area contributed by atoms with Gasteiger partial charge in [0.2, 0.25) is 5.88 Å². The van der Waals surface area contributed by atoms with E-state index in [9.17, 15) is 4.79 Å². The molecule has 2 aromatic heterocycles. The van der Waals surface area contributed by atoms with Crippen LogP contribution < -0.4 is 4.74 Å². The molecule has 1 aromatic carbocycles. The largest absolute Gasteiger partial charge is 0.481 e. The zero-order valence-corrected chi connectivity index (χ0v) is 13.6. The van der Waals surface area contributed by atoms with E-state index in [2.05, 4.69) is 15.0 Å². The number of halogens is 1. The number of carboxylic acid groups (broad SMARTS) is 1. The van der Waals surface area contributed by atoms with E-state index < -0.39 is 5.97 Å². The SMILES string of the molecule is COc1ccc(-c2cc3nc(SCC(=O)O)[nH]c3cc2Cl)cn1. The molecule has 0 bridgehead atoms. The van der Waals surface area contributed by atoms with E-state index in [1.807, 2.05) is 12.1 Å². The van der Waals surface area contributed by atoms with Crippen molar-refractivity contribution in [1.82, 2.24) is 15.0 Å². The molecule has 0 atom stereocenters. The average molecular weight is 350 g/mol. The molecule has 3 aromatic rings. The molecule has 0 aliphatic rings. The highest BCUT2D eigenvalue weighted by Gasteiger charge is 2.11. The number of aromatic nitrogens is 3. The molecule has 2 heterocycles. The van der Waals surface area contributed by atoms with Gasteiger partial charge in [0.25, 0.3) is 0 Å². The van der Waals surface area contributed by atoms with E-state index in [4.69, 9.17) is 21.4 Å². The van der Waals surface area contributed by atoms with Crippen LogP contribution in [0.4, 0.5) is 0 Å².